The van der Waals surface area contributed by atoms with Crippen molar-refractivity contribution in [1.82, 2.24) is 0 Å². The van der Waals surface area contributed by atoms with E-state index in [1.165, 1.54) is 26.0 Å². The largest absolute Gasteiger partial charge is 0.455 e. The molecule has 2 bridgehead atoms. The summed E-state index contributed by atoms with van der Waals surface area (Å²) in [5.41, 5.74) is -6.24. The van der Waals surface area contributed by atoms with Gasteiger partial charge >= 0.3 is 11.9 Å². The van der Waals surface area contributed by atoms with Crippen molar-refractivity contribution in [1.29, 1.82) is 0 Å². The van der Waals surface area contributed by atoms with Crippen molar-refractivity contribution in [3.05, 3.63) is 47.0 Å². The highest BCUT2D eigenvalue weighted by Crippen LogP contribution is 2.63. The first-order valence-corrected chi connectivity index (χ1v) is 13.2. The summed E-state index contributed by atoms with van der Waals surface area (Å²) in [6, 6.07) is 8.08. The lowest BCUT2D eigenvalue weighted by Gasteiger charge is -2.67. The number of aliphatic hydroxyl groups is 4. The number of aliphatic hydroxyl groups excluding tert-OH is 3. The second kappa shape index (κ2) is 8.94. The van der Waals surface area contributed by atoms with E-state index in [4.69, 9.17) is 14.2 Å². The van der Waals surface area contributed by atoms with Gasteiger partial charge in [0, 0.05) is 25.2 Å². The summed E-state index contributed by atoms with van der Waals surface area (Å²) in [5, 5.41) is 46.7. The van der Waals surface area contributed by atoms with Crippen LogP contribution in [-0.4, -0.2) is 86.5 Å². The van der Waals surface area contributed by atoms with E-state index in [0.29, 0.717) is 5.57 Å². The fourth-order valence-corrected chi connectivity index (χ4v) is 7.66. The zero-order valence-corrected chi connectivity index (χ0v) is 22.7. The van der Waals surface area contributed by atoms with Crippen LogP contribution in [0.1, 0.15) is 57.8 Å². The molecule has 2 saturated carbocycles. The lowest BCUT2D eigenvalue weighted by Crippen LogP contribution is -2.81. The van der Waals surface area contributed by atoms with Gasteiger partial charge in [-0.25, -0.2) is 4.79 Å². The zero-order chi connectivity index (χ0) is 28.7. The molecule has 0 radical (unpaired) electrons. The molecule has 1 aromatic carbocycles. The topological polar surface area (TPSA) is 160 Å². The number of rotatable bonds is 3. The summed E-state index contributed by atoms with van der Waals surface area (Å²) in [5.74, 6) is -3.60. The van der Waals surface area contributed by atoms with Crippen LogP contribution in [0, 0.1) is 16.7 Å². The van der Waals surface area contributed by atoms with Crippen molar-refractivity contribution in [3.8, 4) is 0 Å². The van der Waals surface area contributed by atoms with Gasteiger partial charge in [-0.3, -0.25) is 9.59 Å². The quantitative estimate of drug-likeness (QED) is 0.320. The van der Waals surface area contributed by atoms with Gasteiger partial charge in [-0.15, -0.1) is 0 Å². The molecule has 1 aromatic rings. The predicted octanol–water partition coefficient (Wildman–Crippen LogP) is 1.08. The van der Waals surface area contributed by atoms with Crippen LogP contribution in [0.4, 0.5) is 0 Å². The molecule has 1 aliphatic heterocycles. The molecule has 1 saturated heterocycles. The minimum Gasteiger partial charge on any atom is -0.455 e. The minimum absolute atomic E-state index is 0.0828. The molecule has 39 heavy (non-hydrogen) atoms. The molecule has 0 amide bonds. The Morgan fingerprint density at radius 2 is 1.72 bits per heavy atom. The maximum atomic E-state index is 14.3. The van der Waals surface area contributed by atoms with E-state index in [0.717, 1.165) is 0 Å². The van der Waals surface area contributed by atoms with Gasteiger partial charge in [0.15, 0.2) is 11.4 Å². The highest BCUT2D eigenvalue weighted by molar-refractivity contribution is 5.94. The van der Waals surface area contributed by atoms with E-state index in [9.17, 15) is 34.8 Å². The van der Waals surface area contributed by atoms with Crippen molar-refractivity contribution in [2.24, 2.45) is 16.7 Å². The van der Waals surface area contributed by atoms with E-state index < -0.39 is 76.2 Å². The summed E-state index contributed by atoms with van der Waals surface area (Å²) in [6.07, 6.45) is -7.26. The van der Waals surface area contributed by atoms with E-state index in [1.54, 1.807) is 39.0 Å². The Labute approximate surface area is 226 Å². The SMILES string of the molecule is CC(=O)O[C@@]12CO[C@@H]1C[C@H](O)[C@]1(C)C(=O)[C@H](O)C3=C(C)[C@@H](O)C[C@@](O)([C@@H](OC(=O)c4ccccc4)[C@H]21)C3(C)C. The highest BCUT2D eigenvalue weighted by Gasteiger charge is 2.77. The van der Waals surface area contributed by atoms with Crippen LogP contribution in [0.2, 0.25) is 0 Å². The Balaban J connectivity index is 1.81. The van der Waals surface area contributed by atoms with Crippen LogP contribution in [0.15, 0.2) is 41.5 Å². The summed E-state index contributed by atoms with van der Waals surface area (Å²) in [6.45, 7) is 7.29. The van der Waals surface area contributed by atoms with Gasteiger partial charge in [-0.05, 0) is 37.1 Å². The molecule has 0 spiro atoms. The maximum Gasteiger partial charge on any atom is 0.338 e. The summed E-state index contributed by atoms with van der Waals surface area (Å²) >= 11 is 0. The molecule has 3 fully saturated rings. The fraction of sp³-hybridized carbons (Fsp3) is 0.621. The first kappa shape index (κ1) is 27.9. The number of benzene rings is 1. The lowest BCUT2D eigenvalue weighted by atomic mass is 9.44. The normalized spacial score (nSPS) is 42.7. The van der Waals surface area contributed by atoms with E-state index in [-0.39, 0.29) is 30.6 Å². The van der Waals surface area contributed by atoms with Crippen molar-refractivity contribution < 1.29 is 49.0 Å². The van der Waals surface area contributed by atoms with Crippen LogP contribution < -0.4 is 0 Å². The number of ketones is 1. The Hall–Kier alpha value is -2.63. The Kier molecular flexibility index (Phi) is 6.40. The predicted molar refractivity (Wildman–Crippen MR) is 135 cm³/mol. The molecule has 1 heterocycles. The third-order valence-corrected chi connectivity index (χ3v) is 9.95. The highest BCUT2D eigenvalue weighted by atomic mass is 16.6. The van der Waals surface area contributed by atoms with Crippen LogP contribution in [0.25, 0.3) is 0 Å². The molecule has 0 unspecified atom stereocenters. The number of Topliss-reactive ketones (excluding diaryl/α,β-unsaturated/α-hetero) is 1. The molecule has 10 nitrogen and oxygen atoms in total. The number of ether oxygens (including phenoxy) is 3. The molecule has 4 aliphatic rings. The van der Waals surface area contributed by atoms with Gasteiger partial charge in [0.2, 0.25) is 0 Å². The van der Waals surface area contributed by atoms with Crippen LogP contribution in [-0.2, 0) is 23.8 Å². The van der Waals surface area contributed by atoms with E-state index >= 15 is 0 Å². The van der Waals surface area contributed by atoms with E-state index in [1.807, 2.05) is 0 Å². The monoisotopic (exact) mass is 544 g/mol. The molecule has 0 aromatic heterocycles. The van der Waals surface area contributed by atoms with E-state index in [2.05, 4.69) is 0 Å². The molecule has 9 atom stereocenters. The molecule has 10 heteroatoms. The summed E-state index contributed by atoms with van der Waals surface area (Å²) in [4.78, 5) is 40.3. The zero-order valence-electron chi connectivity index (χ0n) is 22.7. The number of fused-ring (bicyclic) bond motifs is 5. The van der Waals surface area contributed by atoms with Gasteiger partial charge in [0.1, 0.15) is 23.9 Å². The van der Waals surface area contributed by atoms with Gasteiger partial charge in [-0.1, -0.05) is 32.0 Å². The van der Waals surface area contributed by atoms with Gasteiger partial charge in [0.25, 0.3) is 0 Å². The number of hydrogen-bond donors (Lipinski definition) is 4. The van der Waals surface area contributed by atoms with Gasteiger partial charge in [0.05, 0.1) is 35.7 Å². The molecule has 212 valence electrons. The molecule has 5 rings (SSSR count). The average Bonchev–Trinajstić information content (AvgIpc) is 2.87. The number of esters is 2. The summed E-state index contributed by atoms with van der Waals surface area (Å²) in [7, 11) is 0. The first-order valence-electron chi connectivity index (χ1n) is 13.2. The maximum absolute atomic E-state index is 14.3. The van der Waals surface area contributed by atoms with Crippen molar-refractivity contribution >= 4 is 17.7 Å². The smallest absolute Gasteiger partial charge is 0.338 e. The van der Waals surface area contributed by atoms with Crippen LogP contribution in [0.3, 0.4) is 0 Å². The third-order valence-electron chi connectivity index (χ3n) is 9.95. The minimum atomic E-state index is -2.07. The van der Waals surface area contributed by atoms with Gasteiger partial charge in [-0.2, -0.15) is 0 Å². The molecule has 4 N–H and O–H groups in total. The first-order chi connectivity index (χ1) is 18.1. The molecular formula is C29H36O10. The number of hydrogen-bond acceptors (Lipinski definition) is 10. The number of carbonyl (C=O) groups is 3. The number of carbonyl (C=O) groups excluding carboxylic acids is 3. The Morgan fingerprint density at radius 3 is 2.28 bits per heavy atom. The second-order valence-corrected chi connectivity index (χ2v) is 12.2. The van der Waals surface area contributed by atoms with Crippen molar-refractivity contribution in [2.75, 3.05) is 6.61 Å². The van der Waals surface area contributed by atoms with Crippen molar-refractivity contribution in [3.63, 3.8) is 0 Å². The molecular weight excluding hydrogens is 508 g/mol. The van der Waals surface area contributed by atoms with Crippen molar-refractivity contribution in [2.45, 2.75) is 89.2 Å². The Bertz CT molecular complexity index is 1240. The molecule has 3 aliphatic carbocycles. The second-order valence-electron chi connectivity index (χ2n) is 12.2. The van der Waals surface area contributed by atoms with Gasteiger partial charge < -0.3 is 34.6 Å². The third kappa shape index (κ3) is 3.62. The van der Waals surface area contributed by atoms with Crippen LogP contribution in [0.5, 0.6) is 0 Å². The van der Waals surface area contributed by atoms with Crippen LogP contribution >= 0.6 is 0 Å². The summed E-state index contributed by atoms with van der Waals surface area (Å²) < 4.78 is 17.7. The lowest BCUT2D eigenvalue weighted by molar-refractivity contribution is -0.345. The Morgan fingerprint density at radius 1 is 1.08 bits per heavy atom. The average molecular weight is 545 g/mol. The fourth-order valence-electron chi connectivity index (χ4n) is 7.66. The standard InChI is InChI=1S/C29H36O10/c1-14-17(31)12-29(36)24(38-25(35)16-9-7-6-8-10-16)22-27(5,23(34)21(33)20(14)26(29,3)4)18(32)11-19-28(22,13-37-19)39-15(2)30/h6-10,17-19,21-22,24,31-33,36H,11-13H2,1-5H3/t17-,18-,19+,21+,22-,24-,27-,28-,29+/m0/s1.